The van der Waals surface area contributed by atoms with Gasteiger partial charge in [-0.15, -0.1) is 0 Å². The molecule has 6 heteroatoms. The van der Waals surface area contributed by atoms with Gasteiger partial charge in [-0.3, -0.25) is 14.6 Å². The lowest BCUT2D eigenvalue weighted by atomic mass is 9.97. The summed E-state index contributed by atoms with van der Waals surface area (Å²) in [6.45, 7) is 0.844. The number of carbonyl (C=O) groups is 2. The van der Waals surface area contributed by atoms with Crippen LogP contribution in [0.3, 0.4) is 0 Å². The molecule has 2 N–H and O–H groups in total. The Balaban J connectivity index is 1.51. The minimum Gasteiger partial charge on any atom is -0.352 e. The number of nitrogens with one attached hydrogen (secondary N) is 2. The van der Waals surface area contributed by atoms with Crippen molar-refractivity contribution in [2.75, 3.05) is 6.54 Å². The molecule has 1 aliphatic carbocycles. The minimum absolute atomic E-state index is 0.239. The first-order valence-corrected chi connectivity index (χ1v) is 9.55. The molecule has 0 unspecified atom stereocenters. The smallest absolute Gasteiger partial charge is 0.253 e. The van der Waals surface area contributed by atoms with Crippen molar-refractivity contribution in [2.24, 2.45) is 0 Å². The normalized spacial score (nSPS) is 13.5. The van der Waals surface area contributed by atoms with Gasteiger partial charge in [0.2, 0.25) is 0 Å². The Morgan fingerprint density at radius 1 is 1.00 bits per heavy atom. The number of benzene rings is 1. The molecule has 2 aromatic rings. The highest BCUT2D eigenvalue weighted by atomic mass is 19.1. The molecule has 0 atom stereocenters. The average molecular weight is 381 g/mol. The van der Waals surface area contributed by atoms with Gasteiger partial charge in [-0.05, 0) is 55.9 Å². The maximum atomic E-state index is 12.9. The molecular formula is C22H24FN3O2. The predicted octanol–water partition coefficient (Wildman–Crippen LogP) is 3.77. The maximum absolute atomic E-state index is 12.9. The number of halogens is 1. The zero-order chi connectivity index (χ0) is 19.8. The van der Waals surface area contributed by atoms with Crippen LogP contribution in [0.5, 0.6) is 0 Å². The number of hydrogen-bond acceptors (Lipinski definition) is 3. The van der Waals surface area contributed by atoms with Crippen LogP contribution in [0.15, 0.2) is 54.4 Å². The summed E-state index contributed by atoms with van der Waals surface area (Å²) < 4.78 is 12.9. The van der Waals surface area contributed by atoms with Gasteiger partial charge in [0.25, 0.3) is 11.8 Å². The summed E-state index contributed by atoms with van der Waals surface area (Å²) in [6, 6.07) is 7.44. The summed E-state index contributed by atoms with van der Waals surface area (Å²) in [6.07, 6.45) is 10.7. The summed E-state index contributed by atoms with van der Waals surface area (Å²) in [5, 5.41) is 5.64. The lowest BCUT2D eigenvalue weighted by Gasteiger charge is -2.13. The van der Waals surface area contributed by atoms with Crippen LogP contribution in [0, 0.1) is 5.82 Å². The number of hydrogen-bond donors (Lipinski definition) is 2. The molecule has 146 valence electrons. The van der Waals surface area contributed by atoms with Crippen molar-refractivity contribution < 1.29 is 14.0 Å². The highest BCUT2D eigenvalue weighted by Gasteiger charge is 2.12. The van der Waals surface area contributed by atoms with Crippen molar-refractivity contribution in [1.82, 2.24) is 15.6 Å². The van der Waals surface area contributed by atoms with Gasteiger partial charge < -0.3 is 10.6 Å². The van der Waals surface area contributed by atoms with Crippen LogP contribution < -0.4 is 10.6 Å². The summed E-state index contributed by atoms with van der Waals surface area (Å²) in [4.78, 5) is 28.7. The first-order chi connectivity index (χ1) is 13.6. The van der Waals surface area contributed by atoms with E-state index in [1.54, 1.807) is 12.1 Å². The molecule has 0 spiro atoms. The minimum atomic E-state index is -0.334. The van der Waals surface area contributed by atoms with Gasteiger partial charge in [-0.2, -0.15) is 0 Å². The topological polar surface area (TPSA) is 71.1 Å². The Morgan fingerprint density at radius 3 is 2.39 bits per heavy atom. The van der Waals surface area contributed by atoms with Crippen LogP contribution in [-0.2, 0) is 6.54 Å². The van der Waals surface area contributed by atoms with Crippen LogP contribution in [0.2, 0.25) is 0 Å². The van der Waals surface area contributed by atoms with E-state index in [1.165, 1.54) is 49.0 Å². The molecule has 0 fully saturated rings. The number of rotatable bonds is 7. The number of aromatic nitrogens is 1. The summed E-state index contributed by atoms with van der Waals surface area (Å²) >= 11 is 0. The number of pyridine rings is 1. The zero-order valence-corrected chi connectivity index (χ0v) is 15.7. The second kappa shape index (κ2) is 9.78. The molecule has 1 aliphatic rings. The fraction of sp³-hybridized carbons (Fsp3) is 0.318. The van der Waals surface area contributed by atoms with Crippen LogP contribution in [0.25, 0.3) is 0 Å². The number of allylic oxidation sites excluding steroid dienone is 1. The van der Waals surface area contributed by atoms with E-state index in [9.17, 15) is 14.0 Å². The van der Waals surface area contributed by atoms with Crippen molar-refractivity contribution in [1.29, 1.82) is 0 Å². The quantitative estimate of drug-likeness (QED) is 0.717. The van der Waals surface area contributed by atoms with E-state index in [-0.39, 0.29) is 24.2 Å². The third-order valence-corrected chi connectivity index (χ3v) is 4.75. The van der Waals surface area contributed by atoms with Gasteiger partial charge in [0.05, 0.1) is 11.1 Å². The Morgan fingerprint density at radius 2 is 1.71 bits per heavy atom. The Kier molecular flexibility index (Phi) is 6.89. The second-order valence-corrected chi connectivity index (χ2v) is 6.89. The van der Waals surface area contributed by atoms with Crippen LogP contribution in [0.1, 0.15) is 58.4 Å². The molecule has 0 saturated heterocycles. The highest BCUT2D eigenvalue weighted by molar-refractivity contribution is 5.99. The van der Waals surface area contributed by atoms with Gasteiger partial charge >= 0.3 is 0 Å². The van der Waals surface area contributed by atoms with Crippen LogP contribution in [-0.4, -0.2) is 23.3 Å². The molecule has 0 radical (unpaired) electrons. The monoisotopic (exact) mass is 381 g/mol. The van der Waals surface area contributed by atoms with Crippen LogP contribution >= 0.6 is 0 Å². The lowest BCUT2D eigenvalue weighted by molar-refractivity contribution is 0.0950. The average Bonchev–Trinajstić information content (AvgIpc) is 2.74. The molecule has 5 nitrogen and oxygen atoms in total. The molecule has 0 aliphatic heterocycles. The van der Waals surface area contributed by atoms with Gasteiger partial charge in [-0.1, -0.05) is 23.8 Å². The standard InChI is InChI=1S/C22H24FN3O2/c23-20-8-6-17(7-9-20)13-26-22(28)19-12-18(14-24-15-19)21(27)25-11-10-16-4-2-1-3-5-16/h4,6-9,12,14-15H,1-3,5,10-11,13H2,(H,25,27)(H,26,28). The second-order valence-electron chi connectivity index (χ2n) is 6.89. The Hall–Kier alpha value is -3.02. The summed E-state index contributed by atoms with van der Waals surface area (Å²) in [7, 11) is 0. The fourth-order valence-corrected chi connectivity index (χ4v) is 3.15. The molecule has 28 heavy (non-hydrogen) atoms. The Bertz CT molecular complexity index is 862. The SMILES string of the molecule is O=C(NCCC1=CCCCC1)c1cncc(C(=O)NCc2ccc(F)cc2)c1. The first-order valence-electron chi connectivity index (χ1n) is 9.55. The van der Waals surface area contributed by atoms with Crippen molar-refractivity contribution in [3.8, 4) is 0 Å². The van der Waals surface area contributed by atoms with Crippen LogP contribution in [0.4, 0.5) is 4.39 Å². The summed E-state index contributed by atoms with van der Waals surface area (Å²) in [5.41, 5.74) is 2.85. The van der Waals surface area contributed by atoms with Crippen molar-refractivity contribution in [3.05, 3.63) is 76.9 Å². The van der Waals surface area contributed by atoms with Gasteiger partial charge in [0.1, 0.15) is 5.82 Å². The largest absolute Gasteiger partial charge is 0.352 e. The highest BCUT2D eigenvalue weighted by Crippen LogP contribution is 2.19. The third kappa shape index (κ3) is 5.74. The molecular weight excluding hydrogens is 357 g/mol. The molecule has 0 bridgehead atoms. The predicted molar refractivity (Wildman–Crippen MR) is 105 cm³/mol. The fourth-order valence-electron chi connectivity index (χ4n) is 3.15. The number of nitrogens with zero attached hydrogens (tertiary/aromatic N) is 1. The molecule has 1 heterocycles. The van der Waals surface area contributed by atoms with E-state index < -0.39 is 0 Å². The third-order valence-electron chi connectivity index (χ3n) is 4.75. The van der Waals surface area contributed by atoms with E-state index in [4.69, 9.17) is 0 Å². The van der Waals surface area contributed by atoms with E-state index in [2.05, 4.69) is 21.7 Å². The maximum Gasteiger partial charge on any atom is 0.253 e. The van der Waals surface area contributed by atoms with Crippen molar-refractivity contribution in [3.63, 3.8) is 0 Å². The van der Waals surface area contributed by atoms with E-state index >= 15 is 0 Å². The Labute approximate surface area is 164 Å². The summed E-state index contributed by atoms with van der Waals surface area (Å²) in [5.74, 6) is -0.895. The van der Waals surface area contributed by atoms with Crippen molar-refractivity contribution in [2.45, 2.75) is 38.6 Å². The van der Waals surface area contributed by atoms with Crippen molar-refractivity contribution >= 4 is 11.8 Å². The molecule has 1 aromatic heterocycles. The first kappa shape index (κ1) is 19.7. The van der Waals surface area contributed by atoms with Gasteiger partial charge in [0.15, 0.2) is 0 Å². The lowest BCUT2D eigenvalue weighted by Crippen LogP contribution is -2.26. The molecule has 2 amide bonds. The molecule has 3 rings (SSSR count). The van der Waals surface area contributed by atoms with E-state index in [0.717, 1.165) is 24.8 Å². The molecule has 0 saturated carbocycles. The van der Waals surface area contributed by atoms with Gasteiger partial charge in [-0.25, -0.2) is 4.39 Å². The molecule has 1 aromatic carbocycles. The van der Waals surface area contributed by atoms with E-state index in [1.807, 2.05) is 0 Å². The number of amides is 2. The van der Waals surface area contributed by atoms with E-state index in [0.29, 0.717) is 17.7 Å². The number of carbonyl (C=O) groups excluding carboxylic acids is 2. The van der Waals surface area contributed by atoms with Gasteiger partial charge in [0, 0.05) is 25.5 Å². The zero-order valence-electron chi connectivity index (χ0n) is 15.7.